The molecule has 0 spiro atoms. The van der Waals surface area contributed by atoms with Crippen molar-refractivity contribution in [2.75, 3.05) is 0 Å². The van der Waals surface area contributed by atoms with Crippen molar-refractivity contribution in [2.45, 2.75) is 13.6 Å². The fourth-order valence-electron chi connectivity index (χ4n) is 1.56. The summed E-state index contributed by atoms with van der Waals surface area (Å²) < 4.78 is 0. The number of rotatable bonds is 9. The van der Waals surface area contributed by atoms with E-state index >= 15 is 0 Å². The molecule has 0 aromatic heterocycles. The summed E-state index contributed by atoms with van der Waals surface area (Å²) in [6.07, 6.45) is 0. The average molecular weight is 148 g/mol. The Bertz CT molecular complexity index is 64.2. The first-order valence-electron chi connectivity index (χ1n) is 5.91. The normalized spacial score (nSPS) is 7.17. The predicted octanol–water partition coefficient (Wildman–Crippen LogP) is -5.32. The smallest absolute Gasteiger partial charge is 0.0738 e. The van der Waals surface area contributed by atoms with Crippen LogP contribution in [0.2, 0.25) is 13.6 Å². The van der Waals surface area contributed by atoms with Crippen LogP contribution in [0.1, 0.15) is 0 Å². The Morgan fingerprint density at radius 2 is 0.667 bits per heavy atom. The molecule has 0 heterocycles. The lowest BCUT2D eigenvalue weighted by atomic mass is 8.88. The second kappa shape index (κ2) is 11.6. The van der Waals surface area contributed by atoms with Gasteiger partial charge in [0.1, 0.15) is 0 Å². The minimum absolute atomic E-state index is 1.37. The lowest BCUT2D eigenvalue weighted by molar-refractivity contribution is 2.37. The van der Waals surface area contributed by atoms with E-state index in [9.17, 15) is 0 Å². The standard InChI is InChI=1S/C2H16B10/c1-3-5-7-9-11-12-10-8-6-4-2/h3-12H,1-2H3. The molecule has 0 fully saturated rings. The molecule has 0 nitrogen and oxygen atoms in total. The lowest BCUT2D eigenvalue weighted by Gasteiger charge is -1.90. The molecular formula is C2H16B10. The highest BCUT2D eigenvalue weighted by Gasteiger charge is 1.99. The van der Waals surface area contributed by atoms with Crippen LogP contribution in [-0.2, 0) is 0 Å². The highest BCUT2D eigenvalue weighted by atomic mass is 12.9. The van der Waals surface area contributed by atoms with Crippen molar-refractivity contribution in [2.24, 2.45) is 0 Å². The first-order chi connectivity index (χ1) is 5.91. The molecule has 54 valence electrons. The topological polar surface area (TPSA) is 0 Å². The Morgan fingerprint density at radius 1 is 0.417 bits per heavy atom. The third kappa shape index (κ3) is 10.6. The third-order valence-electron chi connectivity index (χ3n) is 2.46. The molecule has 0 aromatic rings. The molecule has 0 saturated heterocycles. The maximum atomic E-state index is 2.28. The minimum atomic E-state index is 1.37. The largest absolute Gasteiger partial charge is 0.0966 e. The minimum Gasteiger partial charge on any atom is -0.0966 e. The fourth-order valence-corrected chi connectivity index (χ4v) is 1.56. The van der Waals surface area contributed by atoms with Crippen molar-refractivity contribution in [1.29, 1.82) is 0 Å². The summed E-state index contributed by atoms with van der Waals surface area (Å²) in [6.45, 7) is 4.56. The molecule has 12 heavy (non-hydrogen) atoms. The van der Waals surface area contributed by atoms with Crippen molar-refractivity contribution < 1.29 is 0 Å². The van der Waals surface area contributed by atoms with Crippen LogP contribution in [0.25, 0.3) is 0 Å². The van der Waals surface area contributed by atoms with Crippen LogP contribution >= 0.6 is 0 Å². The van der Waals surface area contributed by atoms with E-state index in [-0.39, 0.29) is 0 Å². The summed E-state index contributed by atoms with van der Waals surface area (Å²) >= 11 is 0. The molecule has 0 bridgehead atoms. The first kappa shape index (κ1) is 12.6. The van der Waals surface area contributed by atoms with Crippen LogP contribution in [-0.4, -0.2) is 70.8 Å². The van der Waals surface area contributed by atoms with E-state index in [0.717, 1.165) is 0 Å². The van der Waals surface area contributed by atoms with E-state index in [2.05, 4.69) is 13.6 Å². The van der Waals surface area contributed by atoms with Gasteiger partial charge in [-0.15, -0.1) is 0 Å². The second-order valence-corrected chi connectivity index (χ2v) is 3.83. The summed E-state index contributed by atoms with van der Waals surface area (Å²) in [6, 6.07) is 0. The van der Waals surface area contributed by atoms with Gasteiger partial charge in [-0.2, -0.15) is 0 Å². The van der Waals surface area contributed by atoms with Crippen LogP contribution in [0.15, 0.2) is 0 Å². The van der Waals surface area contributed by atoms with E-state index in [1.54, 1.807) is 0 Å². The predicted molar refractivity (Wildman–Crippen MR) is 83.2 cm³/mol. The van der Waals surface area contributed by atoms with E-state index < -0.39 is 0 Å². The lowest BCUT2D eigenvalue weighted by Crippen LogP contribution is -2.31. The maximum Gasteiger partial charge on any atom is 0.0738 e. The van der Waals surface area contributed by atoms with Crippen molar-refractivity contribution in [1.82, 2.24) is 0 Å². The third-order valence-corrected chi connectivity index (χ3v) is 2.46. The Morgan fingerprint density at radius 3 is 0.917 bits per heavy atom. The molecular weight excluding hydrogens is 132 g/mol. The second-order valence-electron chi connectivity index (χ2n) is 3.83. The van der Waals surface area contributed by atoms with Gasteiger partial charge in [0.05, 0.1) is 14.3 Å². The summed E-state index contributed by atoms with van der Waals surface area (Å²) in [5.41, 5.74) is 0. The van der Waals surface area contributed by atoms with Gasteiger partial charge in [0.15, 0.2) is 0 Å². The van der Waals surface area contributed by atoms with Crippen molar-refractivity contribution >= 4 is 70.8 Å². The van der Waals surface area contributed by atoms with Crippen LogP contribution in [0.4, 0.5) is 0 Å². The SMILES string of the molecule is CBBBBBBBBBBC. The van der Waals surface area contributed by atoms with E-state index in [1.165, 1.54) is 70.8 Å². The van der Waals surface area contributed by atoms with Gasteiger partial charge in [-0.1, -0.05) is 13.6 Å². The maximum absolute atomic E-state index is 2.28. The Balaban J connectivity index is 2.73. The first-order valence-corrected chi connectivity index (χ1v) is 5.91. The van der Waals surface area contributed by atoms with Gasteiger partial charge in [0, 0.05) is 56.5 Å². The van der Waals surface area contributed by atoms with Crippen LogP contribution in [0, 0.1) is 0 Å². The molecule has 10 heteroatoms. The van der Waals surface area contributed by atoms with Gasteiger partial charge in [-0.25, -0.2) is 0 Å². The summed E-state index contributed by atoms with van der Waals surface area (Å²) in [4.78, 5) is 0. The molecule has 0 aliphatic heterocycles. The van der Waals surface area contributed by atoms with Gasteiger partial charge in [0.2, 0.25) is 0 Å². The molecule has 0 saturated carbocycles. The molecule has 0 unspecified atom stereocenters. The fraction of sp³-hybridized carbons (Fsp3) is 1.00. The van der Waals surface area contributed by atoms with Gasteiger partial charge in [-0.3, -0.25) is 0 Å². The molecule has 0 aliphatic carbocycles. The molecule has 0 rings (SSSR count). The van der Waals surface area contributed by atoms with Crippen molar-refractivity contribution in [3.8, 4) is 0 Å². The zero-order valence-corrected chi connectivity index (χ0v) is 9.07. The zero-order chi connectivity index (χ0) is 9.07. The van der Waals surface area contributed by atoms with Gasteiger partial charge < -0.3 is 0 Å². The quantitative estimate of drug-likeness (QED) is 0.226. The van der Waals surface area contributed by atoms with Gasteiger partial charge >= 0.3 is 0 Å². The van der Waals surface area contributed by atoms with Crippen molar-refractivity contribution in [3.05, 3.63) is 0 Å². The monoisotopic (exact) mass is 150 g/mol. The summed E-state index contributed by atoms with van der Waals surface area (Å²) in [5, 5.41) is 0. The van der Waals surface area contributed by atoms with Gasteiger partial charge in [-0.05, 0) is 0 Å². The van der Waals surface area contributed by atoms with Crippen LogP contribution in [0.5, 0.6) is 0 Å². The number of hydrogen-bond acceptors (Lipinski definition) is 0. The molecule has 0 aliphatic rings. The molecule has 0 N–H and O–H groups in total. The summed E-state index contributed by atoms with van der Waals surface area (Å²) in [5.74, 6) is 0. The molecule has 0 radical (unpaired) electrons. The average Bonchev–Trinajstić information content (AvgIpc) is 2.10. The Kier molecular flexibility index (Phi) is 12.3. The van der Waals surface area contributed by atoms with E-state index in [1.807, 2.05) is 0 Å². The Hall–Kier alpha value is 0.649. The van der Waals surface area contributed by atoms with Crippen LogP contribution in [0.3, 0.4) is 0 Å². The summed E-state index contributed by atoms with van der Waals surface area (Å²) in [7, 11) is 14.4. The zero-order valence-electron chi connectivity index (χ0n) is 9.07. The van der Waals surface area contributed by atoms with E-state index in [4.69, 9.17) is 0 Å². The molecule has 0 amide bonds. The van der Waals surface area contributed by atoms with Gasteiger partial charge in [0.25, 0.3) is 0 Å². The van der Waals surface area contributed by atoms with E-state index in [0.29, 0.717) is 0 Å². The molecule has 0 aromatic carbocycles. The van der Waals surface area contributed by atoms with Crippen molar-refractivity contribution in [3.63, 3.8) is 0 Å². The van der Waals surface area contributed by atoms with Crippen LogP contribution < -0.4 is 0 Å². The Labute approximate surface area is 84.8 Å². The highest BCUT2D eigenvalue weighted by Crippen LogP contribution is 1.59. The highest BCUT2D eigenvalue weighted by molar-refractivity contribution is 7.69. The number of hydrogen-bond donors (Lipinski definition) is 0. The molecule has 0 atom stereocenters.